The van der Waals surface area contributed by atoms with Crippen molar-refractivity contribution in [3.63, 3.8) is 0 Å². The van der Waals surface area contributed by atoms with E-state index in [0.29, 0.717) is 0 Å². The summed E-state index contributed by atoms with van der Waals surface area (Å²) in [5.74, 6) is 0. The SMILES string of the molecule is CS(C)(OP=O)c1ccc([N+](=O)[O-])cc1. The predicted octanol–water partition coefficient (Wildman–Crippen LogP) is 3.16. The molecule has 82 valence electrons. The summed E-state index contributed by atoms with van der Waals surface area (Å²) in [5.41, 5.74) is 0.0358. The number of non-ortho nitro benzene ring substituents is 1. The van der Waals surface area contributed by atoms with Gasteiger partial charge in [-0.3, -0.25) is 10.1 Å². The van der Waals surface area contributed by atoms with Crippen LogP contribution in [0.25, 0.3) is 0 Å². The van der Waals surface area contributed by atoms with Gasteiger partial charge in [0.1, 0.15) is 0 Å². The standard InChI is InChI=1S/C8H10NO4PS/c1-15(2,13-14-12)8-5-3-7(4-6-8)9(10)11/h3-6H,1-2H3. The van der Waals surface area contributed by atoms with Crippen molar-refractivity contribution in [2.24, 2.45) is 0 Å². The highest BCUT2D eigenvalue weighted by Crippen LogP contribution is 2.52. The second-order valence-corrected chi connectivity index (χ2v) is 6.82. The largest absolute Gasteiger partial charge is 0.338 e. The summed E-state index contributed by atoms with van der Waals surface area (Å²) in [4.78, 5) is 10.8. The lowest BCUT2D eigenvalue weighted by Gasteiger charge is -2.26. The van der Waals surface area contributed by atoms with Gasteiger partial charge in [0.25, 0.3) is 5.69 Å². The van der Waals surface area contributed by atoms with Gasteiger partial charge < -0.3 is 0 Å². The molecular weight excluding hydrogens is 237 g/mol. The third-order valence-corrected chi connectivity index (χ3v) is 4.97. The quantitative estimate of drug-likeness (QED) is 0.465. The Morgan fingerprint density at radius 2 is 1.87 bits per heavy atom. The molecule has 0 aliphatic carbocycles. The highest BCUT2D eigenvalue weighted by Gasteiger charge is 2.17. The molecule has 0 aliphatic heterocycles. The van der Waals surface area contributed by atoms with E-state index in [2.05, 4.69) is 0 Å². The van der Waals surface area contributed by atoms with Crippen molar-refractivity contribution in [1.82, 2.24) is 0 Å². The smallest absolute Gasteiger partial charge is 0.258 e. The molecule has 0 radical (unpaired) electrons. The first-order chi connectivity index (χ1) is 6.97. The highest BCUT2D eigenvalue weighted by atomic mass is 32.3. The lowest BCUT2D eigenvalue weighted by Crippen LogP contribution is -1.96. The van der Waals surface area contributed by atoms with Gasteiger partial charge in [-0.25, -0.2) is 8.54 Å². The fraction of sp³-hybridized carbons (Fsp3) is 0.250. The molecule has 1 aromatic carbocycles. The van der Waals surface area contributed by atoms with Crippen molar-refractivity contribution >= 4 is 24.7 Å². The minimum Gasteiger partial charge on any atom is -0.258 e. The molecule has 0 atom stereocenters. The van der Waals surface area contributed by atoms with E-state index in [9.17, 15) is 14.7 Å². The molecule has 0 fully saturated rings. The fourth-order valence-electron chi connectivity index (χ4n) is 1.01. The van der Waals surface area contributed by atoms with Crippen molar-refractivity contribution in [2.45, 2.75) is 4.90 Å². The predicted molar refractivity (Wildman–Crippen MR) is 59.5 cm³/mol. The molecule has 15 heavy (non-hydrogen) atoms. The molecule has 0 aromatic heterocycles. The summed E-state index contributed by atoms with van der Waals surface area (Å²) in [7, 11) is -1.98. The molecule has 1 aromatic rings. The number of rotatable bonds is 4. The Balaban J connectivity index is 2.97. The minimum absolute atomic E-state index is 0.0358. The van der Waals surface area contributed by atoms with Gasteiger partial charge in [0, 0.05) is 17.0 Å². The Hall–Kier alpha value is -0.970. The van der Waals surface area contributed by atoms with E-state index in [0.717, 1.165) is 4.90 Å². The molecule has 7 heteroatoms. The van der Waals surface area contributed by atoms with Crippen LogP contribution in [-0.4, -0.2) is 17.4 Å². The van der Waals surface area contributed by atoms with Crippen LogP contribution in [0.2, 0.25) is 0 Å². The second-order valence-electron chi connectivity index (χ2n) is 3.13. The Bertz CT molecular complexity index is 379. The van der Waals surface area contributed by atoms with Gasteiger partial charge in [-0.1, -0.05) is 0 Å². The van der Waals surface area contributed by atoms with Crippen molar-refractivity contribution < 1.29 is 13.5 Å². The van der Waals surface area contributed by atoms with E-state index < -0.39 is 15.2 Å². The number of benzene rings is 1. The van der Waals surface area contributed by atoms with E-state index in [4.69, 9.17) is 3.97 Å². The van der Waals surface area contributed by atoms with Crippen molar-refractivity contribution in [3.05, 3.63) is 34.4 Å². The summed E-state index contributed by atoms with van der Waals surface area (Å²) < 4.78 is 15.4. The van der Waals surface area contributed by atoms with Crippen LogP contribution in [0.3, 0.4) is 0 Å². The summed E-state index contributed by atoms with van der Waals surface area (Å²) >= 11 is 0. The normalized spacial score (nSPS) is 12.7. The lowest BCUT2D eigenvalue weighted by molar-refractivity contribution is -0.384. The zero-order valence-electron chi connectivity index (χ0n) is 8.25. The van der Waals surface area contributed by atoms with E-state index in [1.54, 1.807) is 12.1 Å². The molecule has 0 aliphatic rings. The van der Waals surface area contributed by atoms with Crippen molar-refractivity contribution in [2.75, 3.05) is 12.5 Å². The summed E-state index contributed by atoms with van der Waals surface area (Å²) in [6.07, 6.45) is 3.64. The maximum absolute atomic E-state index is 10.4. The Labute approximate surface area is 90.4 Å². The Kier molecular flexibility index (Phi) is 3.79. The van der Waals surface area contributed by atoms with E-state index in [1.165, 1.54) is 12.1 Å². The number of hydrogen-bond donors (Lipinski definition) is 0. The van der Waals surface area contributed by atoms with Gasteiger partial charge in [-0.2, -0.15) is 0 Å². The molecule has 0 heterocycles. The van der Waals surface area contributed by atoms with Gasteiger partial charge in [0.2, 0.25) is 0 Å². The monoisotopic (exact) mass is 247 g/mol. The molecule has 0 amide bonds. The topological polar surface area (TPSA) is 69.4 Å². The van der Waals surface area contributed by atoms with Crippen LogP contribution >= 0.6 is 19.0 Å². The van der Waals surface area contributed by atoms with Crippen LogP contribution in [0.1, 0.15) is 0 Å². The van der Waals surface area contributed by atoms with Gasteiger partial charge in [-0.05, 0) is 24.6 Å². The molecule has 0 bridgehead atoms. The van der Waals surface area contributed by atoms with Crippen LogP contribution in [0, 0.1) is 10.1 Å². The number of hydrogen-bond acceptors (Lipinski definition) is 4. The van der Waals surface area contributed by atoms with Gasteiger partial charge >= 0.3 is 8.69 Å². The molecule has 0 unspecified atom stereocenters. The minimum atomic E-state index is -1.60. The van der Waals surface area contributed by atoms with Gasteiger partial charge in [0.05, 0.1) is 4.92 Å². The zero-order chi connectivity index (χ0) is 11.5. The molecule has 0 N–H and O–H groups in total. The average Bonchev–Trinajstić information content (AvgIpc) is 2.18. The lowest BCUT2D eigenvalue weighted by atomic mass is 10.3. The fourth-order valence-corrected chi connectivity index (χ4v) is 2.76. The first kappa shape index (κ1) is 12.1. The van der Waals surface area contributed by atoms with E-state index in [-0.39, 0.29) is 14.4 Å². The number of nitrogens with zero attached hydrogens (tertiary/aromatic N) is 1. The summed E-state index contributed by atoms with van der Waals surface area (Å²) in [6, 6.07) is 6.07. The van der Waals surface area contributed by atoms with Crippen LogP contribution < -0.4 is 0 Å². The third-order valence-electron chi connectivity index (χ3n) is 1.83. The Morgan fingerprint density at radius 3 is 2.27 bits per heavy atom. The molecule has 0 saturated heterocycles. The number of nitro benzene ring substituents is 1. The average molecular weight is 247 g/mol. The van der Waals surface area contributed by atoms with Crippen molar-refractivity contribution in [3.8, 4) is 0 Å². The maximum Gasteiger partial charge on any atom is 0.338 e. The Morgan fingerprint density at radius 1 is 1.33 bits per heavy atom. The van der Waals surface area contributed by atoms with Crippen LogP contribution in [0.15, 0.2) is 29.2 Å². The molecule has 5 nitrogen and oxygen atoms in total. The first-order valence-electron chi connectivity index (χ1n) is 3.96. The second kappa shape index (κ2) is 4.70. The summed E-state index contributed by atoms with van der Waals surface area (Å²) in [6.45, 7) is 0. The molecule has 0 saturated carbocycles. The third kappa shape index (κ3) is 2.99. The van der Waals surface area contributed by atoms with E-state index in [1.807, 2.05) is 12.5 Å². The van der Waals surface area contributed by atoms with Crippen molar-refractivity contribution in [1.29, 1.82) is 0 Å². The first-order valence-corrected chi connectivity index (χ1v) is 7.07. The molecular formula is C8H10NO4PS. The van der Waals surface area contributed by atoms with Crippen LogP contribution in [0.5, 0.6) is 0 Å². The van der Waals surface area contributed by atoms with Gasteiger partial charge in [-0.15, -0.1) is 10.3 Å². The molecule has 0 spiro atoms. The zero-order valence-corrected chi connectivity index (χ0v) is 9.96. The van der Waals surface area contributed by atoms with Crippen LogP contribution in [0.4, 0.5) is 5.69 Å². The summed E-state index contributed by atoms with van der Waals surface area (Å²) in [5, 5.41) is 10.4. The highest BCUT2D eigenvalue weighted by molar-refractivity contribution is 8.30. The number of nitro groups is 1. The van der Waals surface area contributed by atoms with Crippen LogP contribution in [-0.2, 0) is 8.54 Å². The van der Waals surface area contributed by atoms with Gasteiger partial charge in [0.15, 0.2) is 0 Å². The maximum atomic E-state index is 10.4. The van der Waals surface area contributed by atoms with E-state index >= 15 is 0 Å². The molecule has 1 rings (SSSR count).